The van der Waals surface area contributed by atoms with Crippen LogP contribution in [0.3, 0.4) is 0 Å². The zero-order valence-electron chi connectivity index (χ0n) is 18.5. The van der Waals surface area contributed by atoms with Crippen LogP contribution in [0.5, 0.6) is 0 Å². The van der Waals surface area contributed by atoms with Crippen LogP contribution in [0.15, 0.2) is 60.9 Å². The number of rotatable bonds is 4. The van der Waals surface area contributed by atoms with Crippen LogP contribution in [-0.2, 0) is 0 Å². The molecule has 3 aromatic heterocycles. The Morgan fingerprint density at radius 3 is 2.34 bits per heavy atom. The molecule has 7 nitrogen and oxygen atoms in total. The Balaban J connectivity index is 1.46. The maximum absolute atomic E-state index is 4.69. The summed E-state index contributed by atoms with van der Waals surface area (Å²) in [6.07, 6.45) is 3.72. The van der Waals surface area contributed by atoms with Gasteiger partial charge in [-0.05, 0) is 58.0 Å². The van der Waals surface area contributed by atoms with E-state index in [0.717, 1.165) is 39.2 Å². The molecule has 0 fully saturated rings. The van der Waals surface area contributed by atoms with Crippen LogP contribution in [0.25, 0.3) is 27.8 Å². The first kappa shape index (κ1) is 19.8. The molecule has 0 unspecified atom stereocenters. The number of aromatic nitrogens is 6. The van der Waals surface area contributed by atoms with Crippen LogP contribution in [0, 0.1) is 27.7 Å². The number of hydrogen-bond donors (Lipinski definition) is 1. The van der Waals surface area contributed by atoms with E-state index in [-0.39, 0.29) is 0 Å². The van der Waals surface area contributed by atoms with Gasteiger partial charge in [-0.2, -0.15) is 5.10 Å². The fraction of sp³-hybridized carbons (Fsp3) is 0.160. The van der Waals surface area contributed by atoms with Gasteiger partial charge in [0.1, 0.15) is 0 Å². The van der Waals surface area contributed by atoms with Crippen molar-refractivity contribution in [1.29, 1.82) is 0 Å². The second-order valence-electron chi connectivity index (χ2n) is 7.95. The summed E-state index contributed by atoms with van der Waals surface area (Å²) in [5, 5.41) is 8.86. The van der Waals surface area contributed by atoms with Crippen molar-refractivity contribution in [2.24, 2.45) is 0 Å². The number of aryl methyl sites for hydroxylation is 4. The number of nitrogens with one attached hydrogen (secondary N) is 1. The first-order chi connectivity index (χ1) is 15.5. The smallest absolute Gasteiger partial charge is 0.230 e. The molecule has 0 bridgehead atoms. The van der Waals surface area contributed by atoms with Crippen molar-refractivity contribution in [2.45, 2.75) is 27.7 Å². The van der Waals surface area contributed by atoms with Crippen LogP contribution in [0.1, 0.15) is 22.5 Å². The molecule has 0 radical (unpaired) electrons. The van der Waals surface area contributed by atoms with Gasteiger partial charge in [0.15, 0.2) is 0 Å². The van der Waals surface area contributed by atoms with Crippen molar-refractivity contribution < 1.29 is 0 Å². The Hall–Kier alpha value is -4.13. The fourth-order valence-electron chi connectivity index (χ4n) is 3.66. The van der Waals surface area contributed by atoms with Gasteiger partial charge in [-0.1, -0.05) is 29.3 Å². The standard InChI is InChI=1S/C25H23N7/c1-15-5-8-19(9-6-15)32-14-21(18(4)31-32)23-11-12-26-24(28-23)30-25-27-17(3)20-13-16(2)7-10-22(20)29-25/h5-14H,1-4H3,(H,26,27,28,29,30). The highest BCUT2D eigenvalue weighted by Gasteiger charge is 2.12. The highest BCUT2D eigenvalue weighted by molar-refractivity contribution is 5.82. The maximum atomic E-state index is 4.69. The largest absolute Gasteiger partial charge is 0.293 e. The minimum Gasteiger partial charge on any atom is -0.293 e. The normalized spacial score (nSPS) is 11.1. The van der Waals surface area contributed by atoms with Crippen molar-refractivity contribution in [3.63, 3.8) is 0 Å². The number of fused-ring (bicyclic) bond motifs is 1. The maximum Gasteiger partial charge on any atom is 0.230 e. The minimum absolute atomic E-state index is 0.441. The van der Waals surface area contributed by atoms with Crippen LogP contribution in [0.2, 0.25) is 0 Å². The number of nitrogens with zero attached hydrogens (tertiary/aromatic N) is 6. The molecule has 7 heteroatoms. The van der Waals surface area contributed by atoms with Gasteiger partial charge in [-0.15, -0.1) is 0 Å². The molecule has 1 N–H and O–H groups in total. The Bertz CT molecular complexity index is 1440. The summed E-state index contributed by atoms with van der Waals surface area (Å²) in [4.78, 5) is 18.3. The van der Waals surface area contributed by atoms with Crippen molar-refractivity contribution in [3.8, 4) is 16.9 Å². The highest BCUT2D eigenvalue weighted by atomic mass is 15.3. The van der Waals surface area contributed by atoms with Crippen LogP contribution >= 0.6 is 0 Å². The van der Waals surface area contributed by atoms with Gasteiger partial charge in [-0.3, -0.25) is 5.32 Å². The first-order valence-corrected chi connectivity index (χ1v) is 10.4. The quantitative estimate of drug-likeness (QED) is 0.427. The number of benzene rings is 2. The molecule has 32 heavy (non-hydrogen) atoms. The van der Waals surface area contributed by atoms with Crippen molar-refractivity contribution in [3.05, 3.63) is 83.4 Å². The van der Waals surface area contributed by atoms with E-state index in [4.69, 9.17) is 0 Å². The Kier molecular flexibility index (Phi) is 4.86. The summed E-state index contributed by atoms with van der Waals surface area (Å²) in [5.74, 6) is 0.916. The molecule has 0 spiro atoms. The third-order valence-electron chi connectivity index (χ3n) is 5.39. The Labute approximate surface area is 186 Å². The number of anilines is 2. The van der Waals surface area contributed by atoms with Crippen LogP contribution < -0.4 is 5.32 Å². The molecule has 0 aliphatic heterocycles. The van der Waals surface area contributed by atoms with Crippen LogP contribution in [0.4, 0.5) is 11.9 Å². The predicted molar refractivity (Wildman–Crippen MR) is 126 cm³/mol. The van der Waals surface area contributed by atoms with E-state index >= 15 is 0 Å². The van der Waals surface area contributed by atoms with E-state index in [1.807, 2.05) is 42.9 Å². The highest BCUT2D eigenvalue weighted by Crippen LogP contribution is 2.24. The molecule has 3 heterocycles. The third kappa shape index (κ3) is 3.80. The first-order valence-electron chi connectivity index (χ1n) is 10.4. The number of hydrogen-bond acceptors (Lipinski definition) is 6. The van der Waals surface area contributed by atoms with Gasteiger partial charge in [0.2, 0.25) is 11.9 Å². The molecular formula is C25H23N7. The molecule has 0 saturated heterocycles. The van der Waals surface area contributed by atoms with E-state index in [2.05, 4.69) is 74.5 Å². The Morgan fingerprint density at radius 1 is 0.750 bits per heavy atom. The molecule has 0 aliphatic rings. The molecular weight excluding hydrogens is 398 g/mol. The van der Waals surface area contributed by atoms with E-state index < -0.39 is 0 Å². The van der Waals surface area contributed by atoms with E-state index in [1.54, 1.807) is 6.20 Å². The zero-order valence-corrected chi connectivity index (χ0v) is 18.5. The summed E-state index contributed by atoms with van der Waals surface area (Å²) in [6, 6.07) is 16.3. The summed E-state index contributed by atoms with van der Waals surface area (Å²) in [6.45, 7) is 8.09. The summed E-state index contributed by atoms with van der Waals surface area (Å²) >= 11 is 0. The lowest BCUT2D eigenvalue weighted by Crippen LogP contribution is -2.03. The minimum atomic E-state index is 0.441. The van der Waals surface area contributed by atoms with Gasteiger partial charge in [-0.25, -0.2) is 24.6 Å². The van der Waals surface area contributed by atoms with Crippen molar-refractivity contribution in [1.82, 2.24) is 29.7 Å². The summed E-state index contributed by atoms with van der Waals surface area (Å²) < 4.78 is 1.87. The molecule has 0 aliphatic carbocycles. The average Bonchev–Trinajstić information content (AvgIpc) is 3.17. The van der Waals surface area contributed by atoms with E-state index in [9.17, 15) is 0 Å². The lowest BCUT2D eigenvalue weighted by Gasteiger charge is -2.08. The molecule has 2 aromatic carbocycles. The van der Waals surface area contributed by atoms with Gasteiger partial charge in [0.25, 0.3) is 0 Å². The molecule has 5 aromatic rings. The Morgan fingerprint density at radius 2 is 1.53 bits per heavy atom. The van der Waals surface area contributed by atoms with Gasteiger partial charge in [0.05, 0.1) is 28.3 Å². The second kappa shape index (κ2) is 7.85. The van der Waals surface area contributed by atoms with E-state index in [1.165, 1.54) is 11.1 Å². The zero-order chi connectivity index (χ0) is 22.2. The summed E-state index contributed by atoms with van der Waals surface area (Å²) in [7, 11) is 0. The van der Waals surface area contributed by atoms with Crippen molar-refractivity contribution in [2.75, 3.05) is 5.32 Å². The fourth-order valence-corrected chi connectivity index (χ4v) is 3.66. The van der Waals surface area contributed by atoms with Gasteiger partial charge >= 0.3 is 0 Å². The molecule has 0 amide bonds. The second-order valence-corrected chi connectivity index (χ2v) is 7.95. The lowest BCUT2D eigenvalue weighted by molar-refractivity contribution is 0.862. The average molecular weight is 422 g/mol. The SMILES string of the molecule is Cc1ccc(-n2cc(-c3ccnc(Nc4nc(C)c5cc(C)ccc5n4)n3)c(C)n2)cc1. The van der Waals surface area contributed by atoms with Crippen LogP contribution in [-0.4, -0.2) is 29.7 Å². The van der Waals surface area contributed by atoms with Gasteiger partial charge < -0.3 is 0 Å². The van der Waals surface area contributed by atoms with E-state index in [0.29, 0.717) is 11.9 Å². The lowest BCUT2D eigenvalue weighted by atomic mass is 10.1. The molecule has 158 valence electrons. The van der Waals surface area contributed by atoms with Gasteiger partial charge in [0, 0.05) is 23.3 Å². The molecule has 5 rings (SSSR count). The van der Waals surface area contributed by atoms with Crippen molar-refractivity contribution >= 4 is 22.8 Å². The molecule has 0 atom stereocenters. The topological polar surface area (TPSA) is 81.4 Å². The predicted octanol–water partition coefficient (Wildman–Crippen LogP) is 5.25. The summed E-state index contributed by atoms with van der Waals surface area (Å²) in [5.41, 5.74) is 7.82. The third-order valence-corrected chi connectivity index (χ3v) is 5.39. The molecule has 0 saturated carbocycles. The monoisotopic (exact) mass is 421 g/mol.